The van der Waals surface area contributed by atoms with E-state index >= 15 is 0 Å². The average Bonchev–Trinajstić information content (AvgIpc) is 3.05. The highest BCUT2D eigenvalue weighted by atomic mass is 16.3. The number of carbonyl (C=O) groups excluding carboxylic acids is 1. The number of nitrogens with zero attached hydrogens (tertiary/aromatic N) is 2. The topological polar surface area (TPSA) is 64.0 Å². The maximum absolute atomic E-state index is 14.7. The van der Waals surface area contributed by atoms with Crippen LogP contribution in [0.1, 0.15) is 104 Å². The van der Waals surface area contributed by atoms with Crippen LogP contribution in [0, 0.1) is 23.7 Å². The minimum atomic E-state index is -1.04. The summed E-state index contributed by atoms with van der Waals surface area (Å²) in [6.07, 6.45) is 7.84. The molecule has 44 heavy (non-hydrogen) atoms. The summed E-state index contributed by atoms with van der Waals surface area (Å²) in [6.45, 7) is 14.8. The normalized spacial score (nSPS) is 22.5. The number of benzene rings is 2. The number of carbonyl (C=O) groups is 1. The van der Waals surface area contributed by atoms with Crippen molar-refractivity contribution in [1.82, 2.24) is 9.80 Å². The predicted molar refractivity (Wildman–Crippen MR) is 184 cm³/mol. The Morgan fingerprint density at radius 2 is 0.932 bits per heavy atom. The summed E-state index contributed by atoms with van der Waals surface area (Å²) in [4.78, 5) is 18.5. The van der Waals surface area contributed by atoms with E-state index in [2.05, 4.69) is 65.8 Å². The third-order valence-electron chi connectivity index (χ3n) is 9.69. The zero-order valence-corrected chi connectivity index (χ0v) is 28.6. The molecular weight excluding hydrogens is 544 g/mol. The highest BCUT2D eigenvalue weighted by Gasteiger charge is 2.46. The molecule has 2 aromatic carbocycles. The maximum Gasteiger partial charge on any atom is 0.320 e. The molecule has 0 spiro atoms. The lowest BCUT2D eigenvalue weighted by Crippen LogP contribution is -2.52. The second-order valence-corrected chi connectivity index (χ2v) is 14.6. The van der Waals surface area contributed by atoms with Crippen molar-refractivity contribution in [2.75, 3.05) is 13.1 Å². The molecule has 2 aromatic rings. The van der Waals surface area contributed by atoms with Crippen molar-refractivity contribution in [1.29, 1.82) is 0 Å². The Hall–Kier alpha value is -2.37. The van der Waals surface area contributed by atoms with Crippen LogP contribution in [-0.4, -0.2) is 63.4 Å². The number of amides is 2. The molecule has 1 aliphatic rings. The van der Waals surface area contributed by atoms with E-state index in [9.17, 15) is 15.0 Å². The van der Waals surface area contributed by atoms with E-state index in [0.29, 0.717) is 49.6 Å². The van der Waals surface area contributed by atoms with Gasteiger partial charge in [-0.25, -0.2) is 4.79 Å². The van der Waals surface area contributed by atoms with Crippen LogP contribution in [0.3, 0.4) is 0 Å². The lowest BCUT2D eigenvalue weighted by atomic mass is 9.90. The Kier molecular flexibility index (Phi) is 15.2. The van der Waals surface area contributed by atoms with E-state index < -0.39 is 24.3 Å². The van der Waals surface area contributed by atoms with Crippen LogP contribution >= 0.6 is 0 Å². The van der Waals surface area contributed by atoms with E-state index in [1.54, 1.807) is 0 Å². The van der Waals surface area contributed by atoms with Crippen molar-refractivity contribution in [2.24, 2.45) is 23.7 Å². The van der Waals surface area contributed by atoms with Gasteiger partial charge in [0, 0.05) is 13.1 Å². The molecule has 1 fully saturated rings. The summed E-state index contributed by atoms with van der Waals surface area (Å²) in [7, 11) is 0. The summed E-state index contributed by atoms with van der Waals surface area (Å²) in [5.74, 6) is 2.37. The van der Waals surface area contributed by atoms with E-state index in [1.807, 2.05) is 46.2 Å². The molecule has 0 radical (unpaired) electrons. The monoisotopic (exact) mass is 606 g/mol. The van der Waals surface area contributed by atoms with Gasteiger partial charge in [0.2, 0.25) is 0 Å². The van der Waals surface area contributed by atoms with Gasteiger partial charge in [0.25, 0.3) is 0 Å². The van der Waals surface area contributed by atoms with Crippen LogP contribution in [-0.2, 0) is 12.8 Å². The largest absolute Gasteiger partial charge is 0.388 e. The van der Waals surface area contributed by atoms with Crippen molar-refractivity contribution in [2.45, 2.75) is 130 Å². The van der Waals surface area contributed by atoms with Gasteiger partial charge in [0.05, 0.1) is 12.1 Å². The first kappa shape index (κ1) is 36.1. The van der Waals surface area contributed by atoms with Gasteiger partial charge in [-0.3, -0.25) is 0 Å². The van der Waals surface area contributed by atoms with Gasteiger partial charge in [0.1, 0.15) is 12.2 Å². The average molecular weight is 607 g/mol. The Bertz CT molecular complexity index is 976. The van der Waals surface area contributed by atoms with Gasteiger partial charge in [-0.05, 0) is 60.5 Å². The van der Waals surface area contributed by atoms with Gasteiger partial charge < -0.3 is 20.0 Å². The quantitative estimate of drug-likeness (QED) is 0.179. The number of rotatable bonds is 18. The molecule has 5 heteroatoms. The molecule has 6 atom stereocenters. The highest BCUT2D eigenvalue weighted by Crippen LogP contribution is 2.29. The molecule has 0 aromatic heterocycles. The van der Waals surface area contributed by atoms with Crippen LogP contribution in [0.25, 0.3) is 0 Å². The number of hydrogen-bond acceptors (Lipinski definition) is 3. The fourth-order valence-electron chi connectivity index (χ4n) is 6.73. The number of urea groups is 1. The van der Waals surface area contributed by atoms with Crippen LogP contribution in [0.15, 0.2) is 60.7 Å². The summed E-state index contributed by atoms with van der Waals surface area (Å²) < 4.78 is 0. The van der Waals surface area contributed by atoms with Crippen LogP contribution in [0.5, 0.6) is 0 Å². The van der Waals surface area contributed by atoms with Crippen molar-refractivity contribution < 1.29 is 15.0 Å². The lowest BCUT2D eigenvalue weighted by molar-refractivity contribution is -0.0400. The Morgan fingerprint density at radius 1 is 0.568 bits per heavy atom. The summed E-state index contributed by atoms with van der Waals surface area (Å²) in [5, 5.41) is 23.8. The first-order valence-electron chi connectivity index (χ1n) is 17.6. The van der Waals surface area contributed by atoms with Crippen LogP contribution in [0.4, 0.5) is 4.79 Å². The van der Waals surface area contributed by atoms with E-state index in [1.165, 1.54) is 25.7 Å². The molecule has 5 nitrogen and oxygen atoms in total. The molecule has 2 amide bonds. The molecule has 0 bridgehead atoms. The molecule has 1 heterocycles. The standard InChI is InChI=1S/C39H62N2O3/c1-29(2)15-13-17-31(5)23-25-40-35(27-33-19-9-7-10-20-33)37(42)38(43)36(28-34-21-11-8-12-22-34)41(39(40)44)26-24-32(6)18-14-16-30(3)4/h7-12,19-22,29-32,35-38,42-43H,13-18,23-28H2,1-6H3. The third-order valence-corrected chi connectivity index (χ3v) is 9.69. The predicted octanol–water partition coefficient (Wildman–Crippen LogP) is 8.37. The van der Waals surface area contributed by atoms with Crippen molar-refractivity contribution in [3.05, 3.63) is 71.8 Å². The lowest BCUT2D eigenvalue weighted by Gasteiger charge is -2.36. The van der Waals surface area contributed by atoms with Gasteiger partial charge in [-0.2, -0.15) is 0 Å². The first-order chi connectivity index (χ1) is 21.1. The van der Waals surface area contributed by atoms with Crippen LogP contribution in [0.2, 0.25) is 0 Å². The second kappa shape index (κ2) is 18.6. The SMILES string of the molecule is CC(C)CCCC(C)CCN1C(=O)N(CCC(C)CCCC(C)C)C(Cc2ccccc2)C(O)C(O)C1Cc1ccccc1. The molecule has 0 saturated carbocycles. The molecule has 1 aliphatic heterocycles. The third kappa shape index (κ3) is 11.5. The zero-order chi connectivity index (χ0) is 32.1. The first-order valence-corrected chi connectivity index (χ1v) is 17.6. The molecular formula is C39H62N2O3. The van der Waals surface area contributed by atoms with E-state index in [0.717, 1.165) is 36.8 Å². The van der Waals surface area contributed by atoms with Gasteiger partial charge in [-0.1, -0.05) is 141 Å². The summed E-state index contributed by atoms with van der Waals surface area (Å²) in [6, 6.07) is 19.2. The van der Waals surface area contributed by atoms with Crippen LogP contribution < -0.4 is 0 Å². The minimum Gasteiger partial charge on any atom is -0.388 e. The maximum atomic E-state index is 14.7. The molecule has 3 rings (SSSR count). The van der Waals surface area contributed by atoms with Gasteiger partial charge in [0.15, 0.2) is 0 Å². The molecule has 1 saturated heterocycles. The number of hydrogen-bond donors (Lipinski definition) is 2. The smallest absolute Gasteiger partial charge is 0.320 e. The molecule has 246 valence electrons. The molecule has 2 N–H and O–H groups in total. The zero-order valence-electron chi connectivity index (χ0n) is 28.6. The molecule has 6 unspecified atom stereocenters. The second-order valence-electron chi connectivity index (χ2n) is 14.6. The summed E-state index contributed by atoms with van der Waals surface area (Å²) in [5.41, 5.74) is 2.14. The van der Waals surface area contributed by atoms with E-state index in [4.69, 9.17) is 0 Å². The summed E-state index contributed by atoms with van der Waals surface area (Å²) >= 11 is 0. The Balaban J connectivity index is 1.90. The fourth-order valence-corrected chi connectivity index (χ4v) is 6.73. The minimum absolute atomic E-state index is 0.0359. The van der Waals surface area contributed by atoms with Crippen molar-refractivity contribution in [3.63, 3.8) is 0 Å². The Labute approximate surface area is 269 Å². The van der Waals surface area contributed by atoms with E-state index in [-0.39, 0.29) is 6.03 Å². The van der Waals surface area contributed by atoms with Crippen molar-refractivity contribution in [3.8, 4) is 0 Å². The Morgan fingerprint density at radius 3 is 1.27 bits per heavy atom. The fraction of sp³-hybridized carbons (Fsp3) is 0.667. The number of aliphatic hydroxyl groups excluding tert-OH is 2. The highest BCUT2D eigenvalue weighted by molar-refractivity contribution is 5.76. The number of aliphatic hydroxyl groups is 2. The van der Waals surface area contributed by atoms with Gasteiger partial charge in [-0.15, -0.1) is 0 Å². The molecule has 0 aliphatic carbocycles. The van der Waals surface area contributed by atoms with Gasteiger partial charge >= 0.3 is 6.03 Å². The van der Waals surface area contributed by atoms with Crippen molar-refractivity contribution >= 4 is 6.03 Å².